The molecule has 6 heteroatoms. The molecule has 0 aliphatic rings. The number of carbonyl (C=O) groups is 1. The number of aromatic nitrogens is 1. The van der Waals surface area contributed by atoms with E-state index in [4.69, 9.17) is 28.9 Å². The number of nitrogens with two attached hydrogens (primary N) is 1. The van der Waals surface area contributed by atoms with Crippen molar-refractivity contribution in [2.45, 2.75) is 0 Å². The van der Waals surface area contributed by atoms with Crippen molar-refractivity contribution >= 4 is 40.5 Å². The Bertz CT molecular complexity index is 584. The topological polar surface area (TPSA) is 68.0 Å². The maximum atomic E-state index is 11.9. The van der Waals surface area contributed by atoms with Crippen molar-refractivity contribution in [3.8, 4) is 0 Å². The zero-order chi connectivity index (χ0) is 13.1. The van der Waals surface area contributed by atoms with Crippen LogP contribution in [0.25, 0.3) is 0 Å². The third kappa shape index (κ3) is 2.91. The lowest BCUT2D eigenvalue weighted by atomic mass is 10.2. The molecule has 4 nitrogen and oxygen atoms in total. The van der Waals surface area contributed by atoms with E-state index in [1.807, 2.05) is 0 Å². The second-order valence-electron chi connectivity index (χ2n) is 3.56. The number of nitrogen functional groups attached to an aromatic ring is 1. The van der Waals surface area contributed by atoms with E-state index in [0.717, 1.165) is 0 Å². The van der Waals surface area contributed by atoms with Crippen molar-refractivity contribution in [1.29, 1.82) is 0 Å². The SMILES string of the molecule is Nc1ccc(Cl)c(NC(=O)c2ccc(Cl)cn2)c1. The Hall–Kier alpha value is -1.78. The normalized spacial score (nSPS) is 10.1. The number of pyridine rings is 1. The third-order valence-electron chi connectivity index (χ3n) is 2.20. The van der Waals surface area contributed by atoms with Crippen molar-refractivity contribution in [1.82, 2.24) is 4.98 Å². The Labute approximate surface area is 114 Å². The summed E-state index contributed by atoms with van der Waals surface area (Å²) in [5.74, 6) is -0.376. The van der Waals surface area contributed by atoms with Gasteiger partial charge in [0.15, 0.2) is 0 Å². The molecule has 2 aromatic rings. The first-order valence-corrected chi connectivity index (χ1v) is 5.80. The van der Waals surface area contributed by atoms with Crippen LogP contribution < -0.4 is 11.1 Å². The molecule has 3 N–H and O–H groups in total. The Balaban J connectivity index is 2.21. The van der Waals surface area contributed by atoms with Crippen LogP contribution in [0.1, 0.15) is 10.5 Å². The number of nitrogens with one attached hydrogen (secondary N) is 1. The molecular weight excluding hydrogens is 273 g/mol. The van der Waals surface area contributed by atoms with E-state index in [1.165, 1.54) is 12.3 Å². The van der Waals surface area contributed by atoms with Gasteiger partial charge in [0.05, 0.1) is 15.7 Å². The maximum absolute atomic E-state index is 11.9. The van der Waals surface area contributed by atoms with E-state index in [2.05, 4.69) is 10.3 Å². The van der Waals surface area contributed by atoms with Gasteiger partial charge in [-0.15, -0.1) is 0 Å². The number of anilines is 2. The smallest absolute Gasteiger partial charge is 0.274 e. The molecule has 0 spiro atoms. The Morgan fingerprint density at radius 1 is 1.22 bits per heavy atom. The van der Waals surface area contributed by atoms with Crippen LogP contribution in [0.2, 0.25) is 10.0 Å². The summed E-state index contributed by atoms with van der Waals surface area (Å²) >= 11 is 11.6. The summed E-state index contributed by atoms with van der Waals surface area (Å²) in [4.78, 5) is 15.8. The second kappa shape index (κ2) is 5.25. The van der Waals surface area contributed by atoms with Gasteiger partial charge in [-0.3, -0.25) is 4.79 Å². The van der Waals surface area contributed by atoms with Gasteiger partial charge in [-0.25, -0.2) is 4.98 Å². The molecule has 1 aromatic heterocycles. The fourth-order valence-corrected chi connectivity index (χ4v) is 1.61. The zero-order valence-corrected chi connectivity index (χ0v) is 10.7. The standard InChI is InChI=1S/C12H9Cl2N3O/c13-7-1-4-10(16-6-7)12(18)17-11-5-8(15)2-3-9(11)14/h1-6H,15H2,(H,17,18). The van der Waals surface area contributed by atoms with Crippen molar-refractivity contribution in [2.24, 2.45) is 0 Å². The number of amides is 1. The molecule has 0 aliphatic carbocycles. The van der Waals surface area contributed by atoms with E-state index >= 15 is 0 Å². The van der Waals surface area contributed by atoms with Crippen LogP contribution in [0.4, 0.5) is 11.4 Å². The fourth-order valence-electron chi connectivity index (χ4n) is 1.34. The molecule has 0 unspecified atom stereocenters. The van der Waals surface area contributed by atoms with Gasteiger partial charge in [-0.1, -0.05) is 23.2 Å². The average Bonchev–Trinajstić information content (AvgIpc) is 2.34. The number of benzene rings is 1. The molecule has 2 rings (SSSR count). The first-order valence-electron chi connectivity index (χ1n) is 5.04. The zero-order valence-electron chi connectivity index (χ0n) is 9.15. The van der Waals surface area contributed by atoms with Gasteiger partial charge in [0.1, 0.15) is 5.69 Å². The van der Waals surface area contributed by atoms with Gasteiger partial charge < -0.3 is 11.1 Å². The first-order chi connectivity index (χ1) is 8.56. The highest BCUT2D eigenvalue weighted by Crippen LogP contribution is 2.24. The van der Waals surface area contributed by atoms with Crippen LogP contribution in [0.15, 0.2) is 36.5 Å². The lowest BCUT2D eigenvalue weighted by Crippen LogP contribution is -2.13. The van der Waals surface area contributed by atoms with Gasteiger partial charge in [-0.05, 0) is 30.3 Å². The summed E-state index contributed by atoms with van der Waals surface area (Å²) < 4.78 is 0. The van der Waals surface area contributed by atoms with E-state index in [9.17, 15) is 4.79 Å². The summed E-state index contributed by atoms with van der Waals surface area (Å²) in [6.45, 7) is 0. The van der Waals surface area contributed by atoms with Crippen LogP contribution in [0.3, 0.4) is 0 Å². The summed E-state index contributed by atoms with van der Waals surface area (Å²) in [5.41, 5.74) is 6.82. The van der Waals surface area contributed by atoms with Crippen LogP contribution >= 0.6 is 23.2 Å². The monoisotopic (exact) mass is 281 g/mol. The van der Waals surface area contributed by atoms with Gasteiger partial charge in [0.2, 0.25) is 0 Å². The Kier molecular flexibility index (Phi) is 3.69. The number of hydrogen-bond acceptors (Lipinski definition) is 3. The minimum absolute atomic E-state index is 0.248. The summed E-state index contributed by atoms with van der Waals surface area (Å²) in [7, 11) is 0. The van der Waals surface area contributed by atoms with Crippen LogP contribution in [0.5, 0.6) is 0 Å². The molecule has 92 valence electrons. The van der Waals surface area contributed by atoms with Gasteiger partial charge >= 0.3 is 0 Å². The molecule has 18 heavy (non-hydrogen) atoms. The van der Waals surface area contributed by atoms with Gasteiger partial charge in [0, 0.05) is 11.9 Å². The molecule has 0 saturated heterocycles. The molecule has 0 saturated carbocycles. The van der Waals surface area contributed by atoms with Crippen LogP contribution in [-0.2, 0) is 0 Å². The molecule has 1 heterocycles. The molecule has 0 fully saturated rings. The van der Waals surface area contributed by atoms with Crippen molar-refractivity contribution in [2.75, 3.05) is 11.1 Å². The number of nitrogens with zero attached hydrogens (tertiary/aromatic N) is 1. The maximum Gasteiger partial charge on any atom is 0.274 e. The molecule has 1 amide bonds. The molecule has 0 atom stereocenters. The van der Waals surface area contributed by atoms with Crippen LogP contribution in [-0.4, -0.2) is 10.9 Å². The van der Waals surface area contributed by atoms with Crippen LogP contribution in [0, 0.1) is 0 Å². The highest BCUT2D eigenvalue weighted by molar-refractivity contribution is 6.34. The number of carbonyl (C=O) groups excluding carboxylic acids is 1. The summed E-state index contributed by atoms with van der Waals surface area (Å²) in [5, 5.41) is 3.51. The summed E-state index contributed by atoms with van der Waals surface area (Å²) in [6, 6.07) is 7.96. The lowest BCUT2D eigenvalue weighted by molar-refractivity contribution is 0.102. The third-order valence-corrected chi connectivity index (χ3v) is 2.75. The molecule has 0 aliphatic heterocycles. The molecule has 0 radical (unpaired) electrons. The van der Waals surface area contributed by atoms with Gasteiger partial charge in [-0.2, -0.15) is 0 Å². The second-order valence-corrected chi connectivity index (χ2v) is 4.40. The highest BCUT2D eigenvalue weighted by atomic mass is 35.5. The van der Waals surface area contributed by atoms with Crippen molar-refractivity contribution < 1.29 is 4.79 Å². The van der Waals surface area contributed by atoms with Gasteiger partial charge in [0.25, 0.3) is 5.91 Å². The quantitative estimate of drug-likeness (QED) is 0.831. The molecular formula is C12H9Cl2N3O. The predicted octanol–water partition coefficient (Wildman–Crippen LogP) is 3.22. The minimum Gasteiger partial charge on any atom is -0.399 e. The highest BCUT2D eigenvalue weighted by Gasteiger charge is 2.09. The largest absolute Gasteiger partial charge is 0.399 e. The number of hydrogen-bond donors (Lipinski definition) is 2. The van der Waals surface area contributed by atoms with Crippen molar-refractivity contribution in [3.05, 3.63) is 52.3 Å². The van der Waals surface area contributed by atoms with E-state index in [-0.39, 0.29) is 11.6 Å². The fraction of sp³-hybridized carbons (Fsp3) is 0. The Morgan fingerprint density at radius 3 is 2.67 bits per heavy atom. The average molecular weight is 282 g/mol. The molecule has 0 bridgehead atoms. The van der Waals surface area contributed by atoms with E-state index in [1.54, 1.807) is 24.3 Å². The first kappa shape index (κ1) is 12.7. The lowest BCUT2D eigenvalue weighted by Gasteiger charge is -2.07. The number of halogens is 2. The minimum atomic E-state index is -0.376. The number of rotatable bonds is 2. The van der Waals surface area contributed by atoms with E-state index < -0.39 is 0 Å². The predicted molar refractivity (Wildman–Crippen MR) is 73.1 cm³/mol. The molecule has 1 aromatic carbocycles. The Morgan fingerprint density at radius 2 is 2.00 bits per heavy atom. The van der Waals surface area contributed by atoms with E-state index in [0.29, 0.717) is 21.4 Å². The summed E-state index contributed by atoms with van der Waals surface area (Å²) in [6.07, 6.45) is 1.40. The van der Waals surface area contributed by atoms with Crippen molar-refractivity contribution in [3.63, 3.8) is 0 Å².